The number of carboxylic acid groups (broad SMARTS) is 2. The molecule has 1 rings (SSSR count). The van der Waals surface area contributed by atoms with Crippen molar-refractivity contribution < 1.29 is 58.5 Å². The Morgan fingerprint density at radius 1 is 0.865 bits per heavy atom. The van der Waals surface area contributed by atoms with E-state index in [1.807, 2.05) is 0 Å². The van der Waals surface area contributed by atoms with Crippen LogP contribution in [0, 0.1) is 5.41 Å². The number of carbonyl (C=O) groups excluding carboxylic acids is 7. The summed E-state index contributed by atoms with van der Waals surface area (Å²) in [5.74, 6) is -9.62. The molecule has 6 unspecified atom stereocenters. The zero-order valence-electron chi connectivity index (χ0n) is 28.3. The van der Waals surface area contributed by atoms with Gasteiger partial charge in [-0.1, -0.05) is 0 Å². The minimum Gasteiger partial charge on any atom is -0.481 e. The topological polar surface area (TPSA) is 378 Å². The first-order valence-electron chi connectivity index (χ1n) is 16.0. The number of carbonyl (C=O) groups is 9. The first-order valence-corrected chi connectivity index (χ1v) is 16.6. The average Bonchev–Trinajstić information content (AvgIpc) is 3.58. The number of aliphatic hydroxyl groups is 1. The Labute approximate surface area is 303 Å². The minimum absolute atomic E-state index is 0.0135. The van der Waals surface area contributed by atoms with Gasteiger partial charge in [0.2, 0.25) is 41.4 Å². The van der Waals surface area contributed by atoms with Gasteiger partial charge in [0.1, 0.15) is 36.3 Å². The van der Waals surface area contributed by atoms with Crippen molar-refractivity contribution in [2.24, 2.45) is 11.5 Å². The molecule has 0 aromatic rings. The highest BCUT2D eigenvalue weighted by atomic mass is 32.1. The molecule has 24 heteroatoms. The number of nitrogens with one attached hydrogen (secondary N) is 8. The molecule has 0 aromatic carbocycles. The van der Waals surface area contributed by atoms with E-state index in [9.17, 15) is 53.4 Å². The first kappa shape index (κ1) is 44.8. The molecule has 1 aliphatic rings. The molecule has 15 N–H and O–H groups in total. The molecule has 0 bridgehead atoms. The summed E-state index contributed by atoms with van der Waals surface area (Å²) in [6.45, 7) is -0.693. The number of hydrogen-bond acceptors (Lipinski definition) is 13. The molecule has 23 nitrogen and oxygen atoms in total. The fourth-order valence-corrected chi connectivity index (χ4v) is 5.04. The van der Waals surface area contributed by atoms with E-state index in [1.165, 1.54) is 6.92 Å². The zero-order valence-corrected chi connectivity index (χ0v) is 29.2. The summed E-state index contributed by atoms with van der Waals surface area (Å²) in [7, 11) is 0. The third-order valence-electron chi connectivity index (χ3n) is 7.46. The Morgan fingerprint density at radius 2 is 1.50 bits per heavy atom. The molecular formula is C28H47N11O12S. The van der Waals surface area contributed by atoms with Crippen LogP contribution in [0.4, 0.5) is 0 Å². The molecule has 0 spiro atoms. The Kier molecular flexibility index (Phi) is 19.4. The summed E-state index contributed by atoms with van der Waals surface area (Å²) in [5, 5.41) is 51.6. The molecule has 7 amide bonds. The van der Waals surface area contributed by atoms with Crippen molar-refractivity contribution >= 4 is 71.9 Å². The second-order valence-corrected chi connectivity index (χ2v) is 11.9. The monoisotopic (exact) mass is 761 g/mol. The Hall–Kier alpha value is -5.23. The van der Waals surface area contributed by atoms with Crippen molar-refractivity contribution in [3.63, 3.8) is 0 Å². The Bertz CT molecular complexity index is 1350. The molecule has 1 fully saturated rings. The summed E-state index contributed by atoms with van der Waals surface area (Å²) < 4.78 is 0. The quantitative estimate of drug-likeness (QED) is 0.0211. The molecule has 0 aromatic heterocycles. The number of thiol groups is 1. The van der Waals surface area contributed by atoms with E-state index >= 15 is 0 Å². The number of amides is 7. The fourth-order valence-electron chi connectivity index (χ4n) is 4.79. The number of nitrogens with zero attached hydrogens (tertiary/aromatic N) is 1. The van der Waals surface area contributed by atoms with Crippen molar-refractivity contribution in [1.82, 2.24) is 42.1 Å². The molecule has 52 heavy (non-hydrogen) atoms. The van der Waals surface area contributed by atoms with Gasteiger partial charge >= 0.3 is 11.9 Å². The van der Waals surface area contributed by atoms with Crippen LogP contribution in [0.2, 0.25) is 0 Å². The van der Waals surface area contributed by atoms with Crippen LogP contribution >= 0.6 is 12.6 Å². The summed E-state index contributed by atoms with van der Waals surface area (Å²) in [5.41, 5.74) is 10.5. The van der Waals surface area contributed by atoms with Gasteiger partial charge in [0.15, 0.2) is 5.96 Å². The molecule has 0 saturated carbocycles. The number of likely N-dealkylation sites (tertiary alicyclic amines) is 1. The highest BCUT2D eigenvalue weighted by Crippen LogP contribution is 2.19. The third kappa shape index (κ3) is 15.3. The number of rotatable bonds is 22. The highest BCUT2D eigenvalue weighted by Gasteiger charge is 2.39. The second-order valence-electron chi connectivity index (χ2n) is 11.5. The highest BCUT2D eigenvalue weighted by molar-refractivity contribution is 7.80. The standard InChI is InChI=1S/C28H47N11O12S/c1-13(22(45)38-17(12-52)27(50)51)34-25(48)18-5-3-7-39(18)26(49)16(11-40)37-24(47)15(8-21(43)44)36-20(42)10-33-23(46)14(35-19(41)9-29)4-2-6-32-28(30)31/h13-18,40,52H,2-12,29H2,1H3,(H,33,46)(H,34,48)(H,35,41)(H,36,42)(H,37,47)(H,38,45)(H,43,44)(H,50,51)(H4,30,31,32). The number of carboxylic acids is 2. The number of guanidine groups is 1. The molecular weight excluding hydrogens is 714 g/mol. The largest absolute Gasteiger partial charge is 0.481 e. The molecule has 292 valence electrons. The molecule has 0 radical (unpaired) electrons. The lowest BCUT2D eigenvalue weighted by Gasteiger charge is -2.29. The zero-order chi connectivity index (χ0) is 39.5. The van der Waals surface area contributed by atoms with Crippen molar-refractivity contribution in [2.75, 3.05) is 38.5 Å². The average molecular weight is 762 g/mol. The maximum Gasteiger partial charge on any atom is 0.327 e. The van der Waals surface area contributed by atoms with Gasteiger partial charge in [-0.05, 0) is 32.6 Å². The minimum atomic E-state index is -1.79. The predicted molar refractivity (Wildman–Crippen MR) is 182 cm³/mol. The summed E-state index contributed by atoms with van der Waals surface area (Å²) >= 11 is 3.86. The van der Waals surface area contributed by atoms with Crippen LogP contribution in [0.3, 0.4) is 0 Å². The van der Waals surface area contributed by atoms with E-state index in [2.05, 4.69) is 49.8 Å². The van der Waals surface area contributed by atoms with E-state index in [0.717, 1.165) is 4.90 Å². The smallest absolute Gasteiger partial charge is 0.327 e. The van der Waals surface area contributed by atoms with Gasteiger partial charge in [-0.15, -0.1) is 0 Å². The van der Waals surface area contributed by atoms with Crippen LogP contribution in [0.15, 0.2) is 0 Å². The van der Waals surface area contributed by atoms with Crippen LogP contribution in [0.1, 0.15) is 39.0 Å². The van der Waals surface area contributed by atoms with E-state index in [1.54, 1.807) is 0 Å². The van der Waals surface area contributed by atoms with Gasteiger partial charge < -0.3 is 68.9 Å². The van der Waals surface area contributed by atoms with Crippen LogP contribution in [-0.4, -0.2) is 154 Å². The summed E-state index contributed by atoms with van der Waals surface area (Å²) in [4.78, 5) is 113. The van der Waals surface area contributed by atoms with Crippen molar-refractivity contribution in [2.45, 2.75) is 75.3 Å². The number of nitrogens with two attached hydrogens (primary N) is 2. The molecule has 1 saturated heterocycles. The van der Waals surface area contributed by atoms with E-state index in [-0.39, 0.29) is 44.1 Å². The van der Waals surface area contributed by atoms with Gasteiger partial charge in [-0.25, -0.2) is 4.79 Å². The van der Waals surface area contributed by atoms with Crippen LogP contribution < -0.4 is 48.7 Å². The van der Waals surface area contributed by atoms with Gasteiger partial charge in [0.25, 0.3) is 0 Å². The first-order chi connectivity index (χ1) is 24.4. The fraction of sp³-hybridized carbons (Fsp3) is 0.643. The third-order valence-corrected chi connectivity index (χ3v) is 7.83. The lowest BCUT2D eigenvalue weighted by Crippen LogP contribution is -2.59. The van der Waals surface area contributed by atoms with Crippen molar-refractivity contribution in [3.05, 3.63) is 0 Å². The summed E-state index contributed by atoms with van der Waals surface area (Å²) in [6, 6.07) is -8.30. The lowest BCUT2D eigenvalue weighted by atomic mass is 10.1. The number of hydrogen-bond donors (Lipinski definition) is 14. The van der Waals surface area contributed by atoms with Gasteiger partial charge in [0, 0.05) is 18.8 Å². The van der Waals surface area contributed by atoms with Crippen molar-refractivity contribution in [3.8, 4) is 0 Å². The van der Waals surface area contributed by atoms with E-state index in [4.69, 9.17) is 22.0 Å². The predicted octanol–water partition coefficient (Wildman–Crippen LogP) is -6.76. The van der Waals surface area contributed by atoms with Gasteiger partial charge in [-0.2, -0.15) is 12.6 Å². The van der Waals surface area contributed by atoms with E-state index in [0.29, 0.717) is 6.42 Å². The molecule has 1 aliphatic heterocycles. The van der Waals surface area contributed by atoms with Crippen LogP contribution in [-0.2, 0) is 43.2 Å². The van der Waals surface area contributed by atoms with Gasteiger partial charge in [0.05, 0.1) is 26.1 Å². The molecule has 1 heterocycles. The van der Waals surface area contributed by atoms with Crippen LogP contribution in [0.25, 0.3) is 0 Å². The van der Waals surface area contributed by atoms with Gasteiger partial charge in [-0.3, -0.25) is 43.8 Å². The second kappa shape index (κ2) is 22.6. The number of aliphatic hydroxyl groups excluding tert-OH is 1. The number of aliphatic carboxylic acids is 2. The van der Waals surface area contributed by atoms with E-state index < -0.39 is 116 Å². The maximum absolute atomic E-state index is 13.3. The summed E-state index contributed by atoms with van der Waals surface area (Å²) in [6.07, 6.45) is -0.182. The normalized spacial score (nSPS) is 16.5. The molecule has 6 atom stereocenters. The Balaban J connectivity index is 2.90. The SMILES string of the molecule is CC(NC(=O)C1CCCN1C(=O)C(CO)NC(=O)C(CC(=O)O)NC(=O)CNC(=O)C(CCCNC(=N)N)NC(=O)CN)C(=O)NC(CS)C(=O)O. The van der Waals surface area contributed by atoms with Crippen molar-refractivity contribution in [1.29, 1.82) is 5.41 Å². The Morgan fingerprint density at radius 3 is 2.06 bits per heavy atom. The molecule has 0 aliphatic carbocycles. The maximum atomic E-state index is 13.3. The lowest BCUT2D eigenvalue weighted by molar-refractivity contribution is -0.144. The van der Waals surface area contributed by atoms with Crippen LogP contribution in [0.5, 0.6) is 0 Å².